The summed E-state index contributed by atoms with van der Waals surface area (Å²) in [6.07, 6.45) is 5.85. The molecule has 7 heteroatoms. The molecule has 0 spiro atoms. The predicted octanol–water partition coefficient (Wildman–Crippen LogP) is 3.72. The molecular weight excluding hydrogens is 370 g/mol. The van der Waals surface area contributed by atoms with Crippen molar-refractivity contribution in [3.8, 4) is 23.0 Å². The van der Waals surface area contributed by atoms with E-state index < -0.39 is 0 Å². The number of hydrogen-bond donors (Lipinski definition) is 0. The van der Waals surface area contributed by atoms with Crippen LogP contribution < -0.4 is 24.0 Å². The SMILES string of the molecule is COc1ccc(OC)c(N2CC=C3N=CC=C(c4ccc(OC)c(OC)c4)N32)c1. The summed E-state index contributed by atoms with van der Waals surface area (Å²) in [7, 11) is 6.57. The number of hydrogen-bond acceptors (Lipinski definition) is 7. The molecule has 0 N–H and O–H groups in total. The molecule has 0 atom stereocenters. The molecule has 0 unspecified atom stereocenters. The molecule has 0 amide bonds. The highest BCUT2D eigenvalue weighted by molar-refractivity contribution is 5.89. The minimum absolute atomic E-state index is 0.654. The van der Waals surface area contributed by atoms with Gasteiger partial charge in [0, 0.05) is 17.8 Å². The number of hydrazine groups is 1. The lowest BCUT2D eigenvalue weighted by Gasteiger charge is -2.36. The Hall–Kier alpha value is -3.61. The number of rotatable bonds is 6. The fourth-order valence-electron chi connectivity index (χ4n) is 3.49. The highest BCUT2D eigenvalue weighted by Crippen LogP contribution is 2.41. The molecule has 150 valence electrons. The molecule has 0 saturated carbocycles. The van der Waals surface area contributed by atoms with Gasteiger partial charge in [0.2, 0.25) is 0 Å². The number of methoxy groups -OCH3 is 4. The van der Waals surface area contributed by atoms with Gasteiger partial charge in [0.1, 0.15) is 23.0 Å². The van der Waals surface area contributed by atoms with E-state index in [9.17, 15) is 0 Å². The summed E-state index contributed by atoms with van der Waals surface area (Å²) in [6.45, 7) is 0.654. The lowest BCUT2D eigenvalue weighted by Crippen LogP contribution is -2.37. The second-order valence-corrected chi connectivity index (χ2v) is 6.39. The lowest BCUT2D eigenvalue weighted by atomic mass is 10.1. The van der Waals surface area contributed by atoms with E-state index in [1.807, 2.05) is 42.5 Å². The maximum Gasteiger partial charge on any atom is 0.161 e. The van der Waals surface area contributed by atoms with E-state index in [0.29, 0.717) is 18.0 Å². The number of ether oxygens (including phenoxy) is 4. The van der Waals surface area contributed by atoms with Crippen molar-refractivity contribution in [2.45, 2.75) is 0 Å². The van der Waals surface area contributed by atoms with Crippen LogP contribution in [0, 0.1) is 0 Å². The van der Waals surface area contributed by atoms with Crippen LogP contribution in [0.25, 0.3) is 5.70 Å². The molecule has 2 aromatic carbocycles. The first-order chi connectivity index (χ1) is 14.2. The number of fused-ring (bicyclic) bond motifs is 1. The number of allylic oxidation sites excluding steroid dienone is 1. The second kappa shape index (κ2) is 7.79. The molecule has 0 aliphatic carbocycles. The van der Waals surface area contributed by atoms with E-state index in [0.717, 1.165) is 34.3 Å². The van der Waals surface area contributed by atoms with Crippen LogP contribution in [0.3, 0.4) is 0 Å². The fraction of sp³-hybridized carbons (Fsp3) is 0.227. The zero-order valence-electron chi connectivity index (χ0n) is 16.9. The van der Waals surface area contributed by atoms with Crippen molar-refractivity contribution < 1.29 is 18.9 Å². The number of anilines is 1. The lowest BCUT2D eigenvalue weighted by molar-refractivity contribution is 0.354. The highest BCUT2D eigenvalue weighted by Gasteiger charge is 2.31. The first-order valence-corrected chi connectivity index (χ1v) is 9.16. The van der Waals surface area contributed by atoms with Crippen LogP contribution in [0.15, 0.2) is 59.4 Å². The molecule has 0 radical (unpaired) electrons. The Morgan fingerprint density at radius 3 is 2.31 bits per heavy atom. The Morgan fingerprint density at radius 1 is 0.828 bits per heavy atom. The molecule has 0 bridgehead atoms. The standard InChI is InChI=1S/C22H23N3O4/c1-26-16-6-8-19(27-2)18(14-16)24-12-10-22-23-11-9-17(25(22)24)15-5-7-20(28-3)21(13-15)29-4/h5-11,13-14H,12H2,1-4H3. The Balaban J connectivity index is 1.77. The number of aliphatic imine (C=N–C) groups is 1. The van der Waals surface area contributed by atoms with Crippen LogP contribution in [0.1, 0.15) is 5.56 Å². The number of nitrogens with zero attached hydrogens (tertiary/aromatic N) is 3. The molecule has 2 heterocycles. The summed E-state index contributed by atoms with van der Waals surface area (Å²) < 4.78 is 21.9. The first-order valence-electron chi connectivity index (χ1n) is 9.16. The molecular formula is C22H23N3O4. The van der Waals surface area contributed by atoms with Gasteiger partial charge in [0.05, 0.1) is 40.7 Å². The van der Waals surface area contributed by atoms with Crippen molar-refractivity contribution in [1.82, 2.24) is 5.01 Å². The van der Waals surface area contributed by atoms with E-state index in [-0.39, 0.29) is 0 Å². The summed E-state index contributed by atoms with van der Waals surface area (Å²) in [5.41, 5.74) is 2.84. The van der Waals surface area contributed by atoms with Crippen molar-refractivity contribution in [2.24, 2.45) is 4.99 Å². The smallest absolute Gasteiger partial charge is 0.161 e. The minimum Gasteiger partial charge on any atom is -0.497 e. The van der Waals surface area contributed by atoms with E-state index in [2.05, 4.69) is 21.1 Å². The molecule has 0 fully saturated rings. The van der Waals surface area contributed by atoms with Crippen molar-refractivity contribution >= 4 is 17.6 Å². The quantitative estimate of drug-likeness (QED) is 0.746. The molecule has 4 rings (SSSR count). The average molecular weight is 393 g/mol. The molecule has 2 aliphatic heterocycles. The summed E-state index contributed by atoms with van der Waals surface area (Å²) in [5, 5.41) is 4.17. The fourth-order valence-corrected chi connectivity index (χ4v) is 3.49. The van der Waals surface area contributed by atoms with E-state index in [1.165, 1.54) is 0 Å². The van der Waals surface area contributed by atoms with Gasteiger partial charge in [-0.25, -0.2) is 10.0 Å². The monoisotopic (exact) mass is 393 g/mol. The Morgan fingerprint density at radius 2 is 1.59 bits per heavy atom. The third-order valence-electron chi connectivity index (χ3n) is 4.92. The van der Waals surface area contributed by atoms with E-state index >= 15 is 0 Å². The second-order valence-electron chi connectivity index (χ2n) is 6.39. The third-order valence-corrected chi connectivity index (χ3v) is 4.92. The molecule has 7 nitrogen and oxygen atoms in total. The van der Waals surface area contributed by atoms with Crippen LogP contribution in [-0.2, 0) is 0 Å². The van der Waals surface area contributed by atoms with Crippen LogP contribution in [-0.4, -0.2) is 46.2 Å². The van der Waals surface area contributed by atoms with Gasteiger partial charge in [0.15, 0.2) is 11.5 Å². The Kier molecular flexibility index (Phi) is 5.03. The van der Waals surface area contributed by atoms with Crippen LogP contribution in [0.5, 0.6) is 23.0 Å². The third kappa shape index (κ3) is 3.24. The number of benzene rings is 2. The topological polar surface area (TPSA) is 55.8 Å². The Labute approximate surface area is 170 Å². The Bertz CT molecular complexity index is 1010. The van der Waals surface area contributed by atoms with Gasteiger partial charge in [-0.1, -0.05) is 0 Å². The molecule has 2 aliphatic rings. The zero-order chi connectivity index (χ0) is 20.4. The van der Waals surface area contributed by atoms with Crippen LogP contribution in [0.2, 0.25) is 0 Å². The molecule has 0 aromatic heterocycles. The molecule has 2 aromatic rings. The van der Waals surface area contributed by atoms with Gasteiger partial charge in [-0.2, -0.15) is 0 Å². The van der Waals surface area contributed by atoms with Gasteiger partial charge in [-0.05, 0) is 42.5 Å². The van der Waals surface area contributed by atoms with Gasteiger partial charge in [0.25, 0.3) is 0 Å². The van der Waals surface area contributed by atoms with Crippen LogP contribution >= 0.6 is 0 Å². The normalized spacial score (nSPS) is 14.9. The van der Waals surface area contributed by atoms with Gasteiger partial charge in [-0.15, -0.1) is 0 Å². The van der Waals surface area contributed by atoms with Crippen molar-refractivity contribution in [3.63, 3.8) is 0 Å². The average Bonchev–Trinajstić information content (AvgIpc) is 3.22. The largest absolute Gasteiger partial charge is 0.497 e. The first kappa shape index (κ1) is 18.7. The van der Waals surface area contributed by atoms with E-state index in [1.54, 1.807) is 34.7 Å². The predicted molar refractivity (Wildman–Crippen MR) is 113 cm³/mol. The maximum atomic E-state index is 5.60. The van der Waals surface area contributed by atoms with Crippen LogP contribution in [0.4, 0.5) is 5.69 Å². The molecule has 0 saturated heterocycles. The molecule has 29 heavy (non-hydrogen) atoms. The van der Waals surface area contributed by atoms with Crippen molar-refractivity contribution in [2.75, 3.05) is 40.0 Å². The van der Waals surface area contributed by atoms with Gasteiger partial charge >= 0.3 is 0 Å². The zero-order valence-corrected chi connectivity index (χ0v) is 16.9. The van der Waals surface area contributed by atoms with Crippen molar-refractivity contribution in [3.05, 3.63) is 59.9 Å². The summed E-state index contributed by atoms with van der Waals surface area (Å²) in [6, 6.07) is 11.6. The summed E-state index contributed by atoms with van der Waals surface area (Å²) in [5.74, 6) is 3.71. The maximum absolute atomic E-state index is 5.60. The van der Waals surface area contributed by atoms with Gasteiger partial charge in [-0.3, -0.25) is 5.01 Å². The van der Waals surface area contributed by atoms with Crippen molar-refractivity contribution in [1.29, 1.82) is 0 Å². The minimum atomic E-state index is 0.654. The van der Waals surface area contributed by atoms with Gasteiger partial charge < -0.3 is 18.9 Å². The van der Waals surface area contributed by atoms with E-state index in [4.69, 9.17) is 18.9 Å². The summed E-state index contributed by atoms with van der Waals surface area (Å²) >= 11 is 0. The highest BCUT2D eigenvalue weighted by atomic mass is 16.5. The summed E-state index contributed by atoms with van der Waals surface area (Å²) in [4.78, 5) is 4.53.